The Labute approximate surface area is 177 Å². The maximum Gasteiger partial charge on any atom is 0.254 e. The molecule has 5 rings (SSSR count). The first-order valence-corrected chi connectivity index (χ1v) is 11.0. The van der Waals surface area contributed by atoms with Gasteiger partial charge in [0.2, 0.25) is 6.79 Å². The number of nitrogens with zero attached hydrogens (tertiary/aromatic N) is 2. The van der Waals surface area contributed by atoms with Gasteiger partial charge < -0.3 is 14.5 Å². The maximum absolute atomic E-state index is 12.8. The van der Waals surface area contributed by atoms with Crippen LogP contribution in [-0.2, 0) is 23.8 Å². The summed E-state index contributed by atoms with van der Waals surface area (Å²) in [5, 5.41) is 0. The average Bonchev–Trinajstić information content (AvgIpc) is 3.27. The Balaban J connectivity index is 1.45. The third kappa shape index (κ3) is 3.22. The van der Waals surface area contributed by atoms with Crippen LogP contribution in [0.15, 0.2) is 16.9 Å². The molecule has 1 N–H and O–H groups in total. The van der Waals surface area contributed by atoms with E-state index in [0.717, 1.165) is 73.9 Å². The predicted molar refractivity (Wildman–Crippen MR) is 115 cm³/mol. The van der Waals surface area contributed by atoms with E-state index in [9.17, 15) is 4.79 Å². The molecule has 1 aromatic heterocycles. The van der Waals surface area contributed by atoms with Crippen LogP contribution in [0.2, 0.25) is 0 Å². The zero-order valence-corrected chi connectivity index (χ0v) is 18.4. The summed E-state index contributed by atoms with van der Waals surface area (Å²) in [7, 11) is 0. The van der Waals surface area contributed by atoms with Gasteiger partial charge in [-0.3, -0.25) is 9.69 Å². The number of piperidine rings is 1. The van der Waals surface area contributed by atoms with Gasteiger partial charge in [0.25, 0.3) is 5.56 Å². The van der Waals surface area contributed by atoms with Gasteiger partial charge in [0.1, 0.15) is 5.82 Å². The molecule has 1 unspecified atom stereocenters. The molecule has 6 heteroatoms. The average molecular weight is 410 g/mol. The van der Waals surface area contributed by atoms with Crippen LogP contribution in [0.1, 0.15) is 68.2 Å². The predicted octanol–water partition coefficient (Wildman–Crippen LogP) is 3.58. The second-order valence-electron chi connectivity index (χ2n) is 10.2. The van der Waals surface area contributed by atoms with Crippen molar-refractivity contribution in [2.75, 3.05) is 19.9 Å². The van der Waals surface area contributed by atoms with E-state index in [4.69, 9.17) is 14.5 Å². The number of rotatable bonds is 2. The summed E-state index contributed by atoms with van der Waals surface area (Å²) < 4.78 is 11.1. The van der Waals surface area contributed by atoms with Gasteiger partial charge in [-0.1, -0.05) is 20.8 Å². The molecule has 0 bridgehead atoms. The number of hydrogen-bond acceptors (Lipinski definition) is 5. The summed E-state index contributed by atoms with van der Waals surface area (Å²) in [5.41, 5.74) is 4.36. The summed E-state index contributed by atoms with van der Waals surface area (Å²) >= 11 is 0. The van der Waals surface area contributed by atoms with Crippen molar-refractivity contribution in [1.29, 1.82) is 0 Å². The minimum Gasteiger partial charge on any atom is -0.454 e. The molecule has 1 fully saturated rings. The van der Waals surface area contributed by atoms with E-state index in [1.54, 1.807) is 0 Å². The molecule has 6 nitrogen and oxygen atoms in total. The quantitative estimate of drug-likeness (QED) is 0.821. The van der Waals surface area contributed by atoms with E-state index in [1.165, 1.54) is 11.1 Å². The zero-order valence-electron chi connectivity index (χ0n) is 18.4. The summed E-state index contributed by atoms with van der Waals surface area (Å²) in [6.07, 6.45) is 4.08. The normalized spacial score (nSPS) is 23.2. The van der Waals surface area contributed by atoms with Gasteiger partial charge in [0.15, 0.2) is 11.5 Å². The number of H-pyrrole nitrogens is 1. The number of fused-ring (bicyclic) bond motifs is 3. The Morgan fingerprint density at radius 2 is 1.97 bits per heavy atom. The third-order valence-corrected chi connectivity index (χ3v) is 6.96. The summed E-state index contributed by atoms with van der Waals surface area (Å²) in [6.45, 7) is 11.7. The fourth-order valence-corrected chi connectivity index (χ4v) is 5.26. The molecule has 3 aliphatic rings. The van der Waals surface area contributed by atoms with Crippen LogP contribution in [0, 0.1) is 6.92 Å². The lowest BCUT2D eigenvalue weighted by atomic mass is 9.77. The Hall–Kier alpha value is -2.34. The molecule has 2 aliphatic heterocycles. The number of aryl methyl sites for hydroxylation is 1. The number of aromatic nitrogens is 2. The molecule has 30 heavy (non-hydrogen) atoms. The molecule has 2 aromatic rings. The first-order valence-electron chi connectivity index (χ1n) is 11.0. The number of hydrogen-bond donors (Lipinski definition) is 1. The van der Waals surface area contributed by atoms with Crippen LogP contribution in [0.25, 0.3) is 0 Å². The van der Waals surface area contributed by atoms with Crippen molar-refractivity contribution >= 4 is 0 Å². The molecule has 0 saturated carbocycles. The van der Waals surface area contributed by atoms with Crippen molar-refractivity contribution in [1.82, 2.24) is 14.9 Å². The minimum atomic E-state index is -0.171. The molecule has 1 spiro atoms. The minimum absolute atomic E-state index is 0.00785. The number of aromatic amines is 1. The molecule has 160 valence electrons. The van der Waals surface area contributed by atoms with E-state index in [-0.39, 0.29) is 16.4 Å². The largest absolute Gasteiger partial charge is 0.454 e. The van der Waals surface area contributed by atoms with Crippen LogP contribution in [-0.4, -0.2) is 34.8 Å². The summed E-state index contributed by atoms with van der Waals surface area (Å²) in [5.74, 6) is 2.49. The molecular weight excluding hydrogens is 378 g/mol. The number of benzene rings is 1. The highest BCUT2D eigenvalue weighted by Gasteiger charge is 2.45. The van der Waals surface area contributed by atoms with Crippen molar-refractivity contribution in [3.05, 3.63) is 50.7 Å². The van der Waals surface area contributed by atoms with Crippen molar-refractivity contribution in [2.45, 2.75) is 70.8 Å². The Morgan fingerprint density at radius 1 is 1.20 bits per heavy atom. The van der Waals surface area contributed by atoms with Crippen LogP contribution in [0.3, 0.4) is 0 Å². The van der Waals surface area contributed by atoms with Gasteiger partial charge in [-0.15, -0.1) is 0 Å². The highest BCUT2D eigenvalue weighted by molar-refractivity contribution is 5.48. The number of nitrogens with one attached hydrogen (secondary N) is 1. The fraction of sp³-hybridized carbons (Fsp3) is 0.583. The van der Waals surface area contributed by atoms with Gasteiger partial charge in [-0.25, -0.2) is 4.98 Å². The van der Waals surface area contributed by atoms with E-state index in [1.807, 2.05) is 0 Å². The second kappa shape index (κ2) is 6.84. The number of likely N-dealkylation sites (tertiary alicyclic amines) is 1. The lowest BCUT2D eigenvalue weighted by Gasteiger charge is -2.41. The van der Waals surface area contributed by atoms with E-state index in [0.29, 0.717) is 6.79 Å². The highest BCUT2D eigenvalue weighted by atomic mass is 16.7. The van der Waals surface area contributed by atoms with Crippen molar-refractivity contribution in [3.63, 3.8) is 0 Å². The summed E-state index contributed by atoms with van der Waals surface area (Å²) in [4.78, 5) is 23.4. The second-order valence-corrected chi connectivity index (χ2v) is 10.2. The standard InChI is InChI=1S/C24H31N3O3/c1-15-10-18-19(30-14-29-18)11-16(15)12-27-9-5-7-24(13-27)8-6-17-20(24)25-22(23(2,3)4)26-21(17)28/h10-11H,5-9,12-14H2,1-4H3,(H,25,26,28). The van der Waals surface area contributed by atoms with Crippen LogP contribution >= 0.6 is 0 Å². The zero-order chi connectivity index (χ0) is 21.1. The van der Waals surface area contributed by atoms with Crippen LogP contribution in [0.5, 0.6) is 11.5 Å². The van der Waals surface area contributed by atoms with Crippen LogP contribution < -0.4 is 15.0 Å². The van der Waals surface area contributed by atoms with Gasteiger partial charge in [-0.2, -0.15) is 0 Å². The lowest BCUT2D eigenvalue weighted by molar-refractivity contribution is 0.136. The monoisotopic (exact) mass is 409 g/mol. The van der Waals surface area contributed by atoms with Crippen LogP contribution in [0.4, 0.5) is 0 Å². The van der Waals surface area contributed by atoms with Gasteiger partial charge in [-0.05, 0) is 62.4 Å². The SMILES string of the molecule is Cc1cc2c(cc1CN1CCCC3(CCc4c3nc(C(C)(C)C)[nH]c4=O)C1)OCO2. The van der Waals surface area contributed by atoms with Gasteiger partial charge in [0.05, 0.1) is 5.69 Å². The lowest BCUT2D eigenvalue weighted by Crippen LogP contribution is -2.45. The van der Waals surface area contributed by atoms with Crippen molar-refractivity contribution in [3.8, 4) is 11.5 Å². The number of ether oxygens (including phenoxy) is 2. The smallest absolute Gasteiger partial charge is 0.254 e. The molecule has 3 heterocycles. The molecule has 1 aliphatic carbocycles. The van der Waals surface area contributed by atoms with E-state index < -0.39 is 0 Å². The first kappa shape index (κ1) is 19.6. The molecule has 0 radical (unpaired) electrons. The molecule has 1 atom stereocenters. The Bertz CT molecular complexity index is 1050. The molecule has 1 aromatic carbocycles. The van der Waals surface area contributed by atoms with E-state index >= 15 is 0 Å². The maximum atomic E-state index is 12.8. The molecular formula is C24H31N3O3. The molecule has 0 amide bonds. The van der Waals surface area contributed by atoms with Crippen molar-refractivity contribution in [2.24, 2.45) is 0 Å². The van der Waals surface area contributed by atoms with Gasteiger partial charge in [0, 0.05) is 29.5 Å². The molecule has 1 saturated heterocycles. The Morgan fingerprint density at radius 3 is 2.73 bits per heavy atom. The Kier molecular flexibility index (Phi) is 4.47. The highest BCUT2D eigenvalue weighted by Crippen LogP contribution is 2.44. The summed E-state index contributed by atoms with van der Waals surface area (Å²) in [6, 6.07) is 4.21. The van der Waals surface area contributed by atoms with Gasteiger partial charge >= 0.3 is 0 Å². The topological polar surface area (TPSA) is 67.5 Å². The fourth-order valence-electron chi connectivity index (χ4n) is 5.26. The first-order chi connectivity index (χ1) is 14.2. The van der Waals surface area contributed by atoms with E-state index in [2.05, 4.69) is 49.7 Å². The van der Waals surface area contributed by atoms with Crippen molar-refractivity contribution < 1.29 is 9.47 Å². The third-order valence-electron chi connectivity index (χ3n) is 6.96.